The predicted molar refractivity (Wildman–Crippen MR) is 64.5 cm³/mol. The molecule has 0 aliphatic carbocycles. The van der Waals surface area contributed by atoms with Crippen molar-refractivity contribution in [1.29, 1.82) is 0 Å². The van der Waals surface area contributed by atoms with Gasteiger partial charge in [0.05, 0.1) is 25.5 Å². The van der Waals surface area contributed by atoms with Crippen LogP contribution in [-0.2, 0) is 16.1 Å². The zero-order chi connectivity index (χ0) is 12.5. The third-order valence-electron chi connectivity index (χ3n) is 2.00. The highest BCUT2D eigenvalue weighted by molar-refractivity contribution is 7.11. The molecule has 0 fully saturated rings. The molecule has 1 aromatic rings. The Morgan fingerprint density at radius 2 is 2.18 bits per heavy atom. The molecule has 0 unspecified atom stereocenters. The van der Waals surface area contributed by atoms with Crippen molar-refractivity contribution in [2.24, 2.45) is 0 Å². The molecular formula is C11H17NO4S. The number of hydrogen-bond donors (Lipinski definition) is 1. The number of aromatic carboxylic acids is 1. The first-order chi connectivity index (χ1) is 8.24. The fourth-order valence-electron chi connectivity index (χ4n) is 1.11. The Morgan fingerprint density at radius 3 is 2.82 bits per heavy atom. The van der Waals surface area contributed by atoms with E-state index in [1.54, 1.807) is 5.38 Å². The summed E-state index contributed by atoms with van der Waals surface area (Å²) in [6, 6.07) is 0. The SMILES string of the molecule is CCCCOCCOCc1csc(C(=O)O)n1. The summed E-state index contributed by atoms with van der Waals surface area (Å²) < 4.78 is 10.6. The molecule has 0 bridgehead atoms. The van der Waals surface area contributed by atoms with Gasteiger partial charge in [0.25, 0.3) is 0 Å². The van der Waals surface area contributed by atoms with E-state index >= 15 is 0 Å². The van der Waals surface area contributed by atoms with Crippen LogP contribution in [0.4, 0.5) is 0 Å². The number of nitrogens with zero attached hydrogens (tertiary/aromatic N) is 1. The number of hydrogen-bond acceptors (Lipinski definition) is 5. The quantitative estimate of drug-likeness (QED) is 0.688. The van der Waals surface area contributed by atoms with E-state index in [4.69, 9.17) is 14.6 Å². The van der Waals surface area contributed by atoms with Crippen LogP contribution in [0.1, 0.15) is 35.3 Å². The molecule has 1 heterocycles. The topological polar surface area (TPSA) is 68.7 Å². The summed E-state index contributed by atoms with van der Waals surface area (Å²) >= 11 is 1.11. The molecule has 0 saturated heterocycles. The Balaban J connectivity index is 2.07. The lowest BCUT2D eigenvalue weighted by molar-refractivity contribution is 0.0386. The van der Waals surface area contributed by atoms with E-state index in [0.29, 0.717) is 25.5 Å². The number of carboxylic acids is 1. The molecule has 0 spiro atoms. The minimum atomic E-state index is -0.996. The molecule has 17 heavy (non-hydrogen) atoms. The van der Waals surface area contributed by atoms with Crippen LogP contribution in [0, 0.1) is 0 Å². The zero-order valence-electron chi connectivity index (χ0n) is 9.85. The van der Waals surface area contributed by atoms with Crippen molar-refractivity contribution >= 4 is 17.3 Å². The molecule has 0 atom stereocenters. The number of carbonyl (C=O) groups is 1. The second-order valence-corrected chi connectivity index (χ2v) is 4.33. The second-order valence-electron chi connectivity index (χ2n) is 3.47. The van der Waals surface area contributed by atoms with Gasteiger partial charge in [-0.15, -0.1) is 11.3 Å². The standard InChI is InChI=1S/C11H17NO4S/c1-2-3-4-15-5-6-16-7-9-8-17-10(12-9)11(13)14/h8H,2-7H2,1H3,(H,13,14). The number of carboxylic acid groups (broad SMARTS) is 1. The number of ether oxygens (including phenoxy) is 2. The lowest BCUT2D eigenvalue weighted by atomic mass is 10.4. The van der Waals surface area contributed by atoms with Crippen LogP contribution in [-0.4, -0.2) is 35.9 Å². The molecule has 6 heteroatoms. The Hall–Kier alpha value is -0.980. The summed E-state index contributed by atoms with van der Waals surface area (Å²) in [5.74, 6) is -0.996. The van der Waals surface area contributed by atoms with Gasteiger partial charge in [-0.25, -0.2) is 9.78 Å². The molecular weight excluding hydrogens is 242 g/mol. The van der Waals surface area contributed by atoms with Gasteiger partial charge in [-0.05, 0) is 6.42 Å². The summed E-state index contributed by atoms with van der Waals surface area (Å²) in [5, 5.41) is 10.5. The summed E-state index contributed by atoms with van der Waals surface area (Å²) in [4.78, 5) is 14.5. The van der Waals surface area contributed by atoms with Gasteiger partial charge >= 0.3 is 5.97 Å². The van der Waals surface area contributed by atoms with E-state index in [2.05, 4.69) is 11.9 Å². The van der Waals surface area contributed by atoms with Gasteiger partial charge in [0, 0.05) is 12.0 Å². The van der Waals surface area contributed by atoms with Gasteiger partial charge in [-0.3, -0.25) is 0 Å². The second kappa shape index (κ2) is 8.16. The van der Waals surface area contributed by atoms with Crippen LogP contribution in [0.3, 0.4) is 0 Å². The minimum absolute atomic E-state index is 0.0998. The van der Waals surface area contributed by atoms with E-state index in [1.807, 2.05) is 0 Å². The van der Waals surface area contributed by atoms with Crippen LogP contribution in [0.2, 0.25) is 0 Å². The van der Waals surface area contributed by atoms with Crippen molar-refractivity contribution in [2.75, 3.05) is 19.8 Å². The highest BCUT2D eigenvalue weighted by Gasteiger charge is 2.08. The highest BCUT2D eigenvalue weighted by Crippen LogP contribution is 2.10. The Morgan fingerprint density at radius 1 is 1.41 bits per heavy atom. The van der Waals surface area contributed by atoms with Gasteiger partial charge in [0.1, 0.15) is 0 Å². The van der Waals surface area contributed by atoms with Crippen LogP contribution in [0.25, 0.3) is 0 Å². The lowest BCUT2D eigenvalue weighted by Crippen LogP contribution is -2.05. The van der Waals surface area contributed by atoms with Crippen molar-refractivity contribution < 1.29 is 19.4 Å². The molecule has 0 saturated carbocycles. The smallest absolute Gasteiger partial charge is 0.365 e. The summed E-state index contributed by atoms with van der Waals surface area (Å²) in [6.45, 7) is 4.28. The van der Waals surface area contributed by atoms with Gasteiger partial charge in [-0.1, -0.05) is 13.3 Å². The van der Waals surface area contributed by atoms with Crippen LogP contribution in [0.5, 0.6) is 0 Å². The number of rotatable bonds is 9. The third kappa shape index (κ3) is 5.76. The van der Waals surface area contributed by atoms with E-state index in [1.165, 1.54) is 0 Å². The fourth-order valence-corrected chi connectivity index (χ4v) is 1.75. The van der Waals surface area contributed by atoms with Crippen LogP contribution < -0.4 is 0 Å². The molecule has 0 amide bonds. The largest absolute Gasteiger partial charge is 0.476 e. The Kier molecular flexibility index (Phi) is 6.76. The molecule has 0 radical (unpaired) electrons. The maximum Gasteiger partial charge on any atom is 0.365 e. The summed E-state index contributed by atoms with van der Waals surface area (Å²) in [7, 11) is 0. The lowest BCUT2D eigenvalue weighted by Gasteiger charge is -2.03. The van der Waals surface area contributed by atoms with Gasteiger partial charge in [-0.2, -0.15) is 0 Å². The average molecular weight is 259 g/mol. The zero-order valence-corrected chi connectivity index (χ0v) is 10.7. The maximum atomic E-state index is 10.6. The first kappa shape index (κ1) is 14.1. The maximum absolute atomic E-state index is 10.6. The van der Waals surface area contributed by atoms with Crippen molar-refractivity contribution in [3.05, 3.63) is 16.1 Å². The molecule has 0 aliphatic rings. The van der Waals surface area contributed by atoms with Crippen molar-refractivity contribution in [2.45, 2.75) is 26.4 Å². The van der Waals surface area contributed by atoms with E-state index in [9.17, 15) is 4.79 Å². The first-order valence-electron chi connectivity index (χ1n) is 5.57. The number of aromatic nitrogens is 1. The average Bonchev–Trinajstić information content (AvgIpc) is 2.77. The van der Waals surface area contributed by atoms with E-state index < -0.39 is 5.97 Å². The van der Waals surface area contributed by atoms with Gasteiger partial charge in [0.15, 0.2) is 0 Å². The first-order valence-corrected chi connectivity index (χ1v) is 6.45. The third-order valence-corrected chi connectivity index (χ3v) is 2.88. The molecule has 0 aromatic carbocycles. The fraction of sp³-hybridized carbons (Fsp3) is 0.636. The highest BCUT2D eigenvalue weighted by atomic mass is 32.1. The molecule has 1 aromatic heterocycles. The minimum Gasteiger partial charge on any atom is -0.476 e. The molecule has 0 aliphatic heterocycles. The number of thiazole rings is 1. The van der Waals surface area contributed by atoms with E-state index in [-0.39, 0.29) is 5.01 Å². The normalized spacial score (nSPS) is 10.6. The van der Waals surface area contributed by atoms with Crippen LogP contribution in [0.15, 0.2) is 5.38 Å². The summed E-state index contributed by atoms with van der Waals surface area (Å²) in [5.41, 5.74) is 0.654. The summed E-state index contributed by atoms with van der Waals surface area (Å²) in [6.07, 6.45) is 2.19. The van der Waals surface area contributed by atoms with Crippen LogP contribution >= 0.6 is 11.3 Å². The monoisotopic (exact) mass is 259 g/mol. The van der Waals surface area contributed by atoms with Crippen molar-refractivity contribution in [3.8, 4) is 0 Å². The Labute approximate surface area is 104 Å². The van der Waals surface area contributed by atoms with E-state index in [0.717, 1.165) is 30.8 Å². The number of unbranched alkanes of at least 4 members (excludes halogenated alkanes) is 1. The van der Waals surface area contributed by atoms with Crippen molar-refractivity contribution in [3.63, 3.8) is 0 Å². The van der Waals surface area contributed by atoms with Gasteiger partial charge < -0.3 is 14.6 Å². The van der Waals surface area contributed by atoms with Crippen molar-refractivity contribution in [1.82, 2.24) is 4.98 Å². The Bertz CT molecular complexity index is 340. The molecule has 5 nitrogen and oxygen atoms in total. The molecule has 1 N–H and O–H groups in total. The molecule has 96 valence electrons. The molecule has 1 rings (SSSR count). The van der Waals surface area contributed by atoms with Gasteiger partial charge in [0.2, 0.25) is 5.01 Å². The predicted octanol–water partition coefficient (Wildman–Crippen LogP) is 2.17.